The van der Waals surface area contributed by atoms with Crippen LogP contribution in [0.5, 0.6) is 0 Å². The smallest absolute Gasteiger partial charge is 0.276 e. The number of hydrogen-bond donors (Lipinski definition) is 1. The van der Waals surface area contributed by atoms with Gasteiger partial charge in [0.15, 0.2) is 11.5 Å². The van der Waals surface area contributed by atoms with Crippen LogP contribution in [0.2, 0.25) is 0 Å². The number of carbonyl (C=O) groups is 2. The molecule has 2 aromatic rings. The maximum Gasteiger partial charge on any atom is 0.276 e. The van der Waals surface area contributed by atoms with Gasteiger partial charge < -0.3 is 24.2 Å². The summed E-state index contributed by atoms with van der Waals surface area (Å²) in [4.78, 5) is 27.4. The van der Waals surface area contributed by atoms with Crippen molar-refractivity contribution < 1.29 is 23.6 Å². The van der Waals surface area contributed by atoms with Crippen molar-refractivity contribution in [2.75, 3.05) is 32.8 Å². The van der Waals surface area contributed by atoms with Crippen molar-refractivity contribution in [2.45, 2.75) is 58.2 Å². The molecule has 2 aliphatic heterocycles. The first-order valence-electron chi connectivity index (χ1n) is 11.8. The molecule has 8 nitrogen and oxygen atoms in total. The Bertz CT molecular complexity index is 961. The molecule has 3 heterocycles. The van der Waals surface area contributed by atoms with Crippen LogP contribution in [0.15, 0.2) is 28.8 Å². The number of nitrogens with one attached hydrogen (secondary N) is 1. The van der Waals surface area contributed by atoms with E-state index in [2.05, 4.69) is 10.5 Å². The third kappa shape index (κ3) is 6.21. The summed E-state index contributed by atoms with van der Waals surface area (Å²) in [6.45, 7) is 6.71. The number of hydrogen-bond acceptors (Lipinski definition) is 6. The van der Waals surface area contributed by atoms with Gasteiger partial charge >= 0.3 is 0 Å². The summed E-state index contributed by atoms with van der Waals surface area (Å²) in [6.07, 6.45) is 4.18. The molecule has 0 aliphatic carbocycles. The Balaban J connectivity index is 1.41. The van der Waals surface area contributed by atoms with Gasteiger partial charge in [0.05, 0.1) is 12.2 Å². The number of nitrogens with zero attached hydrogens (tertiary/aromatic N) is 2. The monoisotopic (exact) mass is 455 g/mol. The van der Waals surface area contributed by atoms with Crippen LogP contribution in [0, 0.1) is 13.8 Å². The van der Waals surface area contributed by atoms with Gasteiger partial charge in [0.25, 0.3) is 5.91 Å². The second-order valence-corrected chi connectivity index (χ2v) is 8.97. The van der Waals surface area contributed by atoms with Gasteiger partial charge in [0.2, 0.25) is 5.91 Å². The van der Waals surface area contributed by atoms with Gasteiger partial charge in [0.1, 0.15) is 0 Å². The van der Waals surface area contributed by atoms with Gasteiger partial charge in [-0.1, -0.05) is 22.9 Å². The lowest BCUT2D eigenvalue weighted by atomic mass is 10.0. The minimum absolute atomic E-state index is 0.0192. The van der Waals surface area contributed by atoms with E-state index in [-0.39, 0.29) is 36.1 Å². The van der Waals surface area contributed by atoms with Gasteiger partial charge in [0, 0.05) is 50.9 Å². The van der Waals surface area contributed by atoms with E-state index in [1.54, 1.807) is 11.0 Å². The van der Waals surface area contributed by atoms with Gasteiger partial charge in [-0.15, -0.1) is 0 Å². The first kappa shape index (κ1) is 23.4. The van der Waals surface area contributed by atoms with E-state index in [1.165, 1.54) is 0 Å². The first-order valence-corrected chi connectivity index (χ1v) is 11.8. The highest BCUT2D eigenvalue weighted by Gasteiger charge is 2.26. The number of aryl methyl sites for hydroxylation is 2. The molecule has 1 N–H and O–H groups in total. The Morgan fingerprint density at radius 2 is 1.85 bits per heavy atom. The van der Waals surface area contributed by atoms with E-state index in [0.29, 0.717) is 32.0 Å². The molecule has 2 atom stereocenters. The first-order chi connectivity index (χ1) is 16.0. The standard InChI is InChI=1S/C25H33N3O5/c1-17-7-8-18(2)21(13-17)23-14-22(27-33-23)25(30)28(16-20-6-4-12-32-20)10-9-24(29)26-15-19-5-3-11-31-19/h7-8,13-14,19-20H,3-6,9-12,15-16H2,1-2H3,(H,26,29). The fourth-order valence-electron chi connectivity index (χ4n) is 4.33. The minimum Gasteiger partial charge on any atom is -0.376 e. The Morgan fingerprint density at radius 1 is 1.09 bits per heavy atom. The summed E-state index contributed by atoms with van der Waals surface area (Å²) in [5.41, 5.74) is 3.31. The topological polar surface area (TPSA) is 93.9 Å². The molecule has 178 valence electrons. The van der Waals surface area contributed by atoms with Crippen LogP contribution in [0.25, 0.3) is 11.3 Å². The summed E-state index contributed by atoms with van der Waals surface area (Å²) >= 11 is 0. The van der Waals surface area contributed by atoms with Crippen LogP contribution >= 0.6 is 0 Å². The van der Waals surface area contributed by atoms with Gasteiger partial charge in [-0.05, 0) is 51.2 Å². The highest BCUT2D eigenvalue weighted by atomic mass is 16.5. The lowest BCUT2D eigenvalue weighted by Gasteiger charge is -2.24. The SMILES string of the molecule is Cc1ccc(C)c(-c2cc(C(=O)N(CCC(=O)NCC3CCCO3)CC3CCCO3)no2)c1. The maximum atomic E-state index is 13.3. The zero-order chi connectivity index (χ0) is 23.2. The molecule has 0 radical (unpaired) electrons. The van der Waals surface area contributed by atoms with Gasteiger partial charge in [-0.3, -0.25) is 9.59 Å². The Kier molecular flexibility index (Phi) is 7.77. The number of rotatable bonds is 9. The molecular weight excluding hydrogens is 422 g/mol. The maximum absolute atomic E-state index is 13.3. The lowest BCUT2D eigenvalue weighted by Crippen LogP contribution is -2.40. The van der Waals surface area contributed by atoms with Crippen molar-refractivity contribution in [1.29, 1.82) is 0 Å². The highest BCUT2D eigenvalue weighted by molar-refractivity contribution is 5.93. The van der Waals surface area contributed by atoms with Crippen LogP contribution in [0.4, 0.5) is 0 Å². The number of aromatic nitrogens is 1. The van der Waals surface area contributed by atoms with E-state index < -0.39 is 0 Å². The zero-order valence-corrected chi connectivity index (χ0v) is 19.5. The average Bonchev–Trinajstić information content (AvgIpc) is 3.59. The quantitative estimate of drug-likeness (QED) is 0.624. The van der Waals surface area contributed by atoms with Crippen molar-refractivity contribution in [3.8, 4) is 11.3 Å². The number of benzene rings is 1. The third-order valence-corrected chi connectivity index (χ3v) is 6.28. The minimum atomic E-state index is -0.252. The Hall–Kier alpha value is -2.71. The summed E-state index contributed by atoms with van der Waals surface area (Å²) in [7, 11) is 0. The van der Waals surface area contributed by atoms with Crippen molar-refractivity contribution in [1.82, 2.24) is 15.4 Å². The van der Waals surface area contributed by atoms with Crippen molar-refractivity contribution in [3.05, 3.63) is 41.1 Å². The number of amides is 2. The molecule has 2 saturated heterocycles. The van der Waals surface area contributed by atoms with Crippen molar-refractivity contribution in [2.24, 2.45) is 0 Å². The molecule has 0 bridgehead atoms. The molecule has 2 fully saturated rings. The summed E-state index contributed by atoms with van der Waals surface area (Å²) in [5.74, 6) is 0.218. The van der Waals surface area contributed by atoms with Gasteiger partial charge in [-0.25, -0.2) is 0 Å². The molecule has 4 rings (SSSR count). The van der Waals surface area contributed by atoms with Crippen LogP contribution in [-0.4, -0.2) is 66.9 Å². The molecule has 0 saturated carbocycles. The molecule has 2 unspecified atom stereocenters. The summed E-state index contributed by atoms with van der Waals surface area (Å²) in [5, 5.41) is 6.97. The highest BCUT2D eigenvalue weighted by Crippen LogP contribution is 2.26. The van der Waals surface area contributed by atoms with Crippen LogP contribution in [-0.2, 0) is 14.3 Å². The zero-order valence-electron chi connectivity index (χ0n) is 19.5. The van der Waals surface area contributed by atoms with E-state index in [9.17, 15) is 9.59 Å². The van der Waals surface area contributed by atoms with Crippen LogP contribution in [0.1, 0.15) is 53.7 Å². The molecule has 0 spiro atoms. The third-order valence-electron chi connectivity index (χ3n) is 6.28. The fourth-order valence-corrected chi connectivity index (χ4v) is 4.33. The number of ether oxygens (including phenoxy) is 2. The normalized spacial score (nSPS) is 20.2. The lowest BCUT2D eigenvalue weighted by molar-refractivity contribution is -0.121. The van der Waals surface area contributed by atoms with Crippen LogP contribution < -0.4 is 5.32 Å². The molecule has 1 aromatic heterocycles. The van der Waals surface area contributed by atoms with E-state index >= 15 is 0 Å². The molecular formula is C25H33N3O5. The van der Waals surface area contributed by atoms with Crippen LogP contribution in [0.3, 0.4) is 0 Å². The fraction of sp³-hybridized carbons (Fsp3) is 0.560. The second kappa shape index (κ2) is 10.9. The molecule has 8 heteroatoms. The van der Waals surface area contributed by atoms with Crippen molar-refractivity contribution in [3.63, 3.8) is 0 Å². The summed E-state index contributed by atoms with van der Waals surface area (Å²) in [6, 6.07) is 7.76. The predicted octanol–water partition coefficient (Wildman–Crippen LogP) is 3.26. The average molecular weight is 456 g/mol. The molecule has 2 aliphatic rings. The molecule has 2 amide bonds. The largest absolute Gasteiger partial charge is 0.376 e. The Labute approximate surface area is 194 Å². The number of carbonyl (C=O) groups excluding carboxylic acids is 2. The van der Waals surface area contributed by atoms with Gasteiger partial charge in [-0.2, -0.15) is 0 Å². The molecule has 33 heavy (non-hydrogen) atoms. The Morgan fingerprint density at radius 3 is 2.58 bits per heavy atom. The second-order valence-electron chi connectivity index (χ2n) is 8.97. The molecule has 1 aromatic carbocycles. The predicted molar refractivity (Wildman–Crippen MR) is 123 cm³/mol. The van der Waals surface area contributed by atoms with E-state index in [1.807, 2.05) is 32.0 Å². The summed E-state index contributed by atoms with van der Waals surface area (Å²) < 4.78 is 16.8. The van der Waals surface area contributed by atoms with E-state index in [4.69, 9.17) is 14.0 Å². The van der Waals surface area contributed by atoms with E-state index in [0.717, 1.165) is 49.0 Å². The van der Waals surface area contributed by atoms with Crippen molar-refractivity contribution >= 4 is 11.8 Å².